The molecule has 2 aromatic rings. The van der Waals surface area contributed by atoms with E-state index in [9.17, 15) is 9.90 Å². The Bertz CT molecular complexity index is 683. The fraction of sp³-hybridized carbons (Fsp3) is 0.458. The van der Waals surface area contributed by atoms with Crippen molar-refractivity contribution >= 4 is 5.97 Å². The standard InChI is InChI=1S/C24H30O4/c1-27-23(26)22(25)24(20-13-7-3-8-14-20,21-15-9-4-10-16-21)28-18-17-19-11-5-2-6-12-19/h3-4,7-10,13-16,19,22,25H,2,5-6,11-12,17-18H2,1H3/t22-/m1/s1. The van der Waals surface area contributed by atoms with Crippen LogP contribution in [0.3, 0.4) is 0 Å². The summed E-state index contributed by atoms with van der Waals surface area (Å²) in [5.74, 6) is -0.0568. The number of rotatable bonds is 8. The van der Waals surface area contributed by atoms with E-state index < -0.39 is 17.7 Å². The van der Waals surface area contributed by atoms with Gasteiger partial charge in [0.15, 0.2) is 11.7 Å². The molecule has 0 bridgehead atoms. The van der Waals surface area contributed by atoms with Gasteiger partial charge in [-0.3, -0.25) is 0 Å². The summed E-state index contributed by atoms with van der Waals surface area (Å²) in [4.78, 5) is 12.4. The van der Waals surface area contributed by atoms with Gasteiger partial charge in [-0.15, -0.1) is 0 Å². The molecule has 1 atom stereocenters. The lowest BCUT2D eigenvalue weighted by Crippen LogP contribution is -2.48. The van der Waals surface area contributed by atoms with Gasteiger partial charge in [-0.2, -0.15) is 0 Å². The fourth-order valence-electron chi connectivity index (χ4n) is 4.24. The molecule has 28 heavy (non-hydrogen) atoms. The molecule has 0 saturated heterocycles. The van der Waals surface area contributed by atoms with Crippen molar-refractivity contribution in [2.45, 2.75) is 50.2 Å². The summed E-state index contributed by atoms with van der Waals surface area (Å²) in [7, 11) is 1.29. The molecule has 0 heterocycles. The summed E-state index contributed by atoms with van der Waals surface area (Å²) in [5, 5.41) is 11.1. The second-order valence-corrected chi connectivity index (χ2v) is 7.53. The summed E-state index contributed by atoms with van der Waals surface area (Å²) >= 11 is 0. The molecule has 4 heteroatoms. The van der Waals surface area contributed by atoms with Crippen molar-refractivity contribution in [3.05, 3.63) is 71.8 Å². The highest BCUT2D eigenvalue weighted by molar-refractivity contribution is 5.77. The van der Waals surface area contributed by atoms with E-state index >= 15 is 0 Å². The minimum atomic E-state index is -1.46. The quantitative estimate of drug-likeness (QED) is 0.685. The van der Waals surface area contributed by atoms with Gasteiger partial charge in [0.1, 0.15) is 0 Å². The van der Waals surface area contributed by atoms with E-state index in [4.69, 9.17) is 9.47 Å². The Morgan fingerprint density at radius 2 is 1.54 bits per heavy atom. The van der Waals surface area contributed by atoms with Crippen molar-refractivity contribution in [1.82, 2.24) is 0 Å². The molecule has 1 N–H and O–H groups in total. The van der Waals surface area contributed by atoms with E-state index in [2.05, 4.69) is 0 Å². The lowest BCUT2D eigenvalue weighted by Gasteiger charge is -2.38. The Balaban J connectivity index is 1.96. The maximum absolute atomic E-state index is 12.4. The first-order chi connectivity index (χ1) is 13.7. The molecular formula is C24H30O4. The zero-order valence-electron chi connectivity index (χ0n) is 16.5. The van der Waals surface area contributed by atoms with Gasteiger partial charge in [0, 0.05) is 6.61 Å². The average Bonchev–Trinajstić information content (AvgIpc) is 2.78. The van der Waals surface area contributed by atoms with Gasteiger partial charge in [-0.25, -0.2) is 4.79 Å². The molecule has 1 fully saturated rings. The number of esters is 1. The summed E-state index contributed by atoms with van der Waals surface area (Å²) in [5.41, 5.74) is 0.176. The van der Waals surface area contributed by atoms with Crippen molar-refractivity contribution < 1.29 is 19.4 Å². The number of methoxy groups -OCH3 is 1. The number of aliphatic hydroxyl groups excluding tert-OH is 1. The number of ether oxygens (including phenoxy) is 2. The number of hydrogen-bond acceptors (Lipinski definition) is 4. The van der Waals surface area contributed by atoms with Crippen LogP contribution in [0.2, 0.25) is 0 Å². The third-order valence-corrected chi connectivity index (χ3v) is 5.80. The Hall–Kier alpha value is -2.17. The Morgan fingerprint density at radius 3 is 2.04 bits per heavy atom. The first kappa shape index (κ1) is 20.6. The van der Waals surface area contributed by atoms with Crippen LogP contribution in [0.15, 0.2) is 60.7 Å². The van der Waals surface area contributed by atoms with Crippen LogP contribution in [0.1, 0.15) is 49.7 Å². The van der Waals surface area contributed by atoms with Crippen LogP contribution in [0.4, 0.5) is 0 Å². The number of hydrogen-bond donors (Lipinski definition) is 1. The van der Waals surface area contributed by atoms with Crippen LogP contribution < -0.4 is 0 Å². The number of carbonyl (C=O) groups excluding carboxylic acids is 1. The van der Waals surface area contributed by atoms with E-state index in [1.165, 1.54) is 39.2 Å². The number of benzene rings is 2. The van der Waals surface area contributed by atoms with Gasteiger partial charge in [0.25, 0.3) is 0 Å². The Morgan fingerprint density at radius 1 is 1.00 bits per heavy atom. The van der Waals surface area contributed by atoms with E-state index in [1.54, 1.807) is 0 Å². The fourth-order valence-corrected chi connectivity index (χ4v) is 4.24. The summed E-state index contributed by atoms with van der Waals surface area (Å²) in [6.45, 7) is 0.475. The maximum atomic E-state index is 12.4. The predicted molar refractivity (Wildman–Crippen MR) is 109 cm³/mol. The second kappa shape index (κ2) is 9.85. The number of carbonyl (C=O) groups is 1. The van der Waals surface area contributed by atoms with Crippen LogP contribution >= 0.6 is 0 Å². The van der Waals surface area contributed by atoms with Gasteiger partial charge in [0.2, 0.25) is 0 Å². The van der Waals surface area contributed by atoms with E-state index in [-0.39, 0.29) is 0 Å². The lowest BCUT2D eigenvalue weighted by molar-refractivity contribution is -0.171. The second-order valence-electron chi connectivity index (χ2n) is 7.53. The summed E-state index contributed by atoms with van der Waals surface area (Å²) < 4.78 is 11.3. The first-order valence-corrected chi connectivity index (χ1v) is 10.2. The molecule has 4 nitrogen and oxygen atoms in total. The molecule has 1 saturated carbocycles. The minimum Gasteiger partial charge on any atom is -0.467 e. The third kappa shape index (κ3) is 4.45. The van der Waals surface area contributed by atoms with Crippen molar-refractivity contribution in [3.8, 4) is 0 Å². The van der Waals surface area contributed by atoms with Gasteiger partial charge in [-0.05, 0) is 23.5 Å². The van der Waals surface area contributed by atoms with Crippen molar-refractivity contribution in [1.29, 1.82) is 0 Å². The molecule has 0 spiro atoms. The molecule has 1 aliphatic rings. The van der Waals surface area contributed by atoms with Crippen molar-refractivity contribution in [2.75, 3.05) is 13.7 Å². The highest BCUT2D eigenvalue weighted by Gasteiger charge is 2.47. The first-order valence-electron chi connectivity index (χ1n) is 10.2. The molecule has 2 aromatic carbocycles. The molecule has 0 radical (unpaired) electrons. The zero-order valence-corrected chi connectivity index (χ0v) is 16.5. The predicted octanol–water partition coefficient (Wildman–Crippen LogP) is 4.45. The van der Waals surface area contributed by atoms with Crippen molar-refractivity contribution in [3.63, 3.8) is 0 Å². The Labute approximate surface area is 167 Å². The lowest BCUT2D eigenvalue weighted by atomic mass is 9.81. The molecule has 0 aliphatic heterocycles. The van der Waals surface area contributed by atoms with E-state index in [1.807, 2.05) is 60.7 Å². The summed E-state index contributed by atoms with van der Waals surface area (Å²) in [6, 6.07) is 18.9. The van der Waals surface area contributed by atoms with E-state index in [0.29, 0.717) is 12.5 Å². The molecular weight excluding hydrogens is 352 g/mol. The van der Waals surface area contributed by atoms with Crippen molar-refractivity contribution in [2.24, 2.45) is 5.92 Å². The molecule has 0 amide bonds. The topological polar surface area (TPSA) is 55.8 Å². The van der Waals surface area contributed by atoms with Crippen LogP contribution in [0, 0.1) is 5.92 Å². The van der Waals surface area contributed by atoms with Gasteiger partial charge in [0.05, 0.1) is 7.11 Å². The molecule has 3 rings (SSSR count). The largest absolute Gasteiger partial charge is 0.467 e. The van der Waals surface area contributed by atoms with Crippen LogP contribution in [-0.2, 0) is 19.9 Å². The third-order valence-electron chi connectivity index (χ3n) is 5.80. The average molecular weight is 382 g/mol. The van der Waals surface area contributed by atoms with Gasteiger partial charge < -0.3 is 14.6 Å². The minimum absolute atomic E-state index is 0.475. The molecule has 0 aromatic heterocycles. The van der Waals surface area contributed by atoms with Crippen LogP contribution in [-0.4, -0.2) is 30.9 Å². The maximum Gasteiger partial charge on any atom is 0.338 e. The monoisotopic (exact) mass is 382 g/mol. The van der Waals surface area contributed by atoms with Crippen LogP contribution in [0.25, 0.3) is 0 Å². The molecule has 1 aliphatic carbocycles. The molecule has 0 unspecified atom stereocenters. The highest BCUT2D eigenvalue weighted by atomic mass is 16.6. The number of aliphatic hydroxyl groups is 1. The summed E-state index contributed by atoms with van der Waals surface area (Å²) in [6.07, 6.45) is 5.79. The normalized spacial score (nSPS) is 16.5. The SMILES string of the molecule is COC(=O)[C@@H](O)C(OCCC1CCCCC1)(c1ccccc1)c1ccccc1. The highest BCUT2D eigenvalue weighted by Crippen LogP contribution is 2.38. The van der Waals surface area contributed by atoms with Gasteiger partial charge in [-0.1, -0.05) is 92.8 Å². The van der Waals surface area contributed by atoms with E-state index in [0.717, 1.165) is 17.5 Å². The van der Waals surface area contributed by atoms with Gasteiger partial charge >= 0.3 is 5.97 Å². The van der Waals surface area contributed by atoms with Crippen LogP contribution in [0.5, 0.6) is 0 Å². The molecule has 150 valence electrons. The Kier molecular flexibility index (Phi) is 7.24. The zero-order chi connectivity index (χ0) is 19.8. The smallest absolute Gasteiger partial charge is 0.338 e.